The molecular weight excluding hydrogens is 288 g/mol. The number of benzene rings is 1. The van der Waals surface area contributed by atoms with Gasteiger partial charge in [0.05, 0.1) is 18.2 Å². The Bertz CT molecular complexity index is 627. The van der Waals surface area contributed by atoms with Gasteiger partial charge in [-0.25, -0.2) is 14.8 Å². The zero-order chi connectivity index (χ0) is 15.2. The molecular formula is C16H17ClN2O2. The molecule has 2 aromatic rings. The number of hydrogen-bond acceptors (Lipinski definition) is 4. The van der Waals surface area contributed by atoms with E-state index in [1.165, 1.54) is 11.8 Å². The molecule has 110 valence electrons. The number of ether oxygens (including phenoxy) is 1. The van der Waals surface area contributed by atoms with E-state index in [9.17, 15) is 4.79 Å². The van der Waals surface area contributed by atoms with Crippen molar-refractivity contribution in [2.45, 2.75) is 26.1 Å². The van der Waals surface area contributed by atoms with Crippen molar-refractivity contribution in [3.8, 4) is 0 Å². The number of carbonyl (C=O) groups is 1. The van der Waals surface area contributed by atoms with E-state index < -0.39 is 5.97 Å². The normalized spacial score (nSPS) is 10.4. The standard InChI is InChI=1S/C16H17ClN2O2/c1-3-21-16(20)13-10-18-15(19-14(13)9-17)8-12-6-4-11(2)5-7-12/h4-7,10H,3,8-9H2,1-2H3. The van der Waals surface area contributed by atoms with Crippen molar-refractivity contribution in [3.63, 3.8) is 0 Å². The van der Waals surface area contributed by atoms with Crippen molar-refractivity contribution >= 4 is 17.6 Å². The maximum Gasteiger partial charge on any atom is 0.341 e. The third-order valence-electron chi connectivity index (χ3n) is 3.02. The Kier molecular flexibility index (Phi) is 5.28. The fraction of sp³-hybridized carbons (Fsp3) is 0.312. The maximum absolute atomic E-state index is 11.8. The first-order valence-electron chi connectivity index (χ1n) is 6.77. The highest BCUT2D eigenvalue weighted by Gasteiger charge is 2.15. The fourth-order valence-electron chi connectivity index (χ4n) is 1.91. The van der Waals surface area contributed by atoms with Crippen LogP contribution >= 0.6 is 11.6 Å². The first-order valence-corrected chi connectivity index (χ1v) is 7.31. The van der Waals surface area contributed by atoms with Crippen molar-refractivity contribution in [2.24, 2.45) is 0 Å². The van der Waals surface area contributed by atoms with E-state index in [4.69, 9.17) is 16.3 Å². The van der Waals surface area contributed by atoms with Crippen LogP contribution in [0.25, 0.3) is 0 Å². The van der Waals surface area contributed by atoms with E-state index in [2.05, 4.69) is 9.97 Å². The van der Waals surface area contributed by atoms with Gasteiger partial charge in [-0.05, 0) is 19.4 Å². The monoisotopic (exact) mass is 304 g/mol. The predicted octanol–water partition coefficient (Wildman–Crippen LogP) is 3.29. The quantitative estimate of drug-likeness (QED) is 0.628. The largest absolute Gasteiger partial charge is 0.462 e. The second kappa shape index (κ2) is 7.18. The molecule has 21 heavy (non-hydrogen) atoms. The summed E-state index contributed by atoms with van der Waals surface area (Å²) < 4.78 is 4.96. The second-order valence-electron chi connectivity index (χ2n) is 4.66. The van der Waals surface area contributed by atoms with E-state index in [0.29, 0.717) is 30.1 Å². The molecule has 1 aromatic heterocycles. The summed E-state index contributed by atoms with van der Waals surface area (Å²) in [6.45, 7) is 4.11. The van der Waals surface area contributed by atoms with Crippen molar-refractivity contribution in [3.05, 3.63) is 58.7 Å². The first-order chi connectivity index (χ1) is 10.1. The molecule has 0 saturated heterocycles. The zero-order valence-electron chi connectivity index (χ0n) is 12.1. The Balaban J connectivity index is 2.22. The molecule has 0 radical (unpaired) electrons. The van der Waals surface area contributed by atoms with Gasteiger partial charge in [-0.15, -0.1) is 11.6 Å². The molecule has 1 aromatic carbocycles. The van der Waals surface area contributed by atoms with Crippen molar-refractivity contribution < 1.29 is 9.53 Å². The summed E-state index contributed by atoms with van der Waals surface area (Å²) in [6, 6.07) is 8.17. The highest BCUT2D eigenvalue weighted by atomic mass is 35.5. The molecule has 0 aliphatic rings. The van der Waals surface area contributed by atoms with Crippen molar-refractivity contribution in [1.82, 2.24) is 9.97 Å². The van der Waals surface area contributed by atoms with Gasteiger partial charge < -0.3 is 4.74 Å². The highest BCUT2D eigenvalue weighted by Crippen LogP contribution is 2.13. The minimum atomic E-state index is -0.435. The summed E-state index contributed by atoms with van der Waals surface area (Å²) in [5.41, 5.74) is 3.16. The lowest BCUT2D eigenvalue weighted by atomic mass is 10.1. The van der Waals surface area contributed by atoms with E-state index in [1.54, 1.807) is 6.92 Å². The zero-order valence-corrected chi connectivity index (χ0v) is 12.9. The molecule has 1 heterocycles. The third kappa shape index (κ3) is 4.02. The number of esters is 1. The lowest BCUT2D eigenvalue weighted by molar-refractivity contribution is 0.0524. The van der Waals surface area contributed by atoms with Crippen LogP contribution in [-0.2, 0) is 17.0 Å². The fourth-order valence-corrected chi connectivity index (χ4v) is 2.12. The van der Waals surface area contributed by atoms with Gasteiger partial charge in [0.1, 0.15) is 11.4 Å². The average molecular weight is 305 g/mol. The Hall–Kier alpha value is -1.94. The molecule has 4 nitrogen and oxygen atoms in total. The minimum absolute atomic E-state index is 0.150. The minimum Gasteiger partial charge on any atom is -0.462 e. The molecule has 0 fully saturated rings. The number of carbonyl (C=O) groups excluding carboxylic acids is 1. The van der Waals surface area contributed by atoms with Crippen LogP contribution in [-0.4, -0.2) is 22.5 Å². The van der Waals surface area contributed by atoms with Gasteiger partial charge in [0.2, 0.25) is 0 Å². The van der Waals surface area contributed by atoms with Gasteiger partial charge in [0.25, 0.3) is 0 Å². The van der Waals surface area contributed by atoms with Crippen molar-refractivity contribution in [2.75, 3.05) is 6.61 Å². The Morgan fingerprint density at radius 2 is 2.00 bits per heavy atom. The molecule has 2 rings (SSSR count). The number of aromatic nitrogens is 2. The van der Waals surface area contributed by atoms with Gasteiger partial charge in [-0.3, -0.25) is 0 Å². The summed E-state index contributed by atoms with van der Waals surface area (Å²) in [5.74, 6) is 0.356. The number of halogens is 1. The Labute approximate surface area is 129 Å². The van der Waals surface area contributed by atoms with Crippen LogP contribution in [0.1, 0.15) is 39.9 Å². The van der Waals surface area contributed by atoms with Crippen LogP contribution < -0.4 is 0 Å². The lowest BCUT2D eigenvalue weighted by Crippen LogP contribution is -2.11. The number of hydrogen-bond donors (Lipinski definition) is 0. The van der Waals surface area contributed by atoms with Crippen LogP contribution in [0.15, 0.2) is 30.5 Å². The molecule has 0 unspecified atom stereocenters. The van der Waals surface area contributed by atoms with Crippen LogP contribution in [0.2, 0.25) is 0 Å². The van der Waals surface area contributed by atoms with Gasteiger partial charge in [-0.1, -0.05) is 29.8 Å². The molecule has 0 atom stereocenters. The van der Waals surface area contributed by atoms with Crippen LogP contribution in [0.5, 0.6) is 0 Å². The van der Waals surface area contributed by atoms with Gasteiger partial charge in [0, 0.05) is 12.6 Å². The van der Waals surface area contributed by atoms with Crippen LogP contribution in [0, 0.1) is 6.92 Å². The number of aryl methyl sites for hydroxylation is 1. The van der Waals surface area contributed by atoms with Crippen LogP contribution in [0.4, 0.5) is 0 Å². The molecule has 0 amide bonds. The molecule has 0 saturated carbocycles. The van der Waals surface area contributed by atoms with E-state index >= 15 is 0 Å². The lowest BCUT2D eigenvalue weighted by Gasteiger charge is -2.08. The second-order valence-corrected chi connectivity index (χ2v) is 4.93. The topological polar surface area (TPSA) is 52.1 Å². The van der Waals surface area contributed by atoms with E-state index in [0.717, 1.165) is 5.56 Å². The van der Waals surface area contributed by atoms with Crippen LogP contribution in [0.3, 0.4) is 0 Å². The smallest absolute Gasteiger partial charge is 0.341 e. The first kappa shape index (κ1) is 15.4. The number of alkyl halides is 1. The highest BCUT2D eigenvalue weighted by molar-refractivity contribution is 6.17. The van der Waals surface area contributed by atoms with Crippen molar-refractivity contribution in [1.29, 1.82) is 0 Å². The maximum atomic E-state index is 11.8. The van der Waals surface area contributed by atoms with Gasteiger partial charge >= 0.3 is 5.97 Å². The number of nitrogens with zero attached hydrogens (tertiary/aromatic N) is 2. The predicted molar refractivity (Wildman–Crippen MR) is 81.5 cm³/mol. The Morgan fingerprint density at radius 1 is 1.29 bits per heavy atom. The summed E-state index contributed by atoms with van der Waals surface area (Å²) >= 11 is 5.87. The van der Waals surface area contributed by atoms with E-state index in [-0.39, 0.29) is 5.88 Å². The van der Waals surface area contributed by atoms with Gasteiger partial charge in [0.15, 0.2) is 0 Å². The number of rotatable bonds is 5. The summed E-state index contributed by atoms with van der Waals surface area (Å²) in [5, 5.41) is 0. The molecule has 0 aliphatic carbocycles. The van der Waals surface area contributed by atoms with E-state index in [1.807, 2.05) is 31.2 Å². The summed E-state index contributed by atoms with van der Waals surface area (Å²) in [6.07, 6.45) is 2.10. The third-order valence-corrected chi connectivity index (χ3v) is 3.28. The molecule has 0 aliphatic heterocycles. The summed E-state index contributed by atoms with van der Waals surface area (Å²) in [4.78, 5) is 20.4. The average Bonchev–Trinajstić information content (AvgIpc) is 2.49. The molecule has 0 spiro atoms. The molecule has 0 N–H and O–H groups in total. The molecule has 0 bridgehead atoms. The SMILES string of the molecule is CCOC(=O)c1cnc(Cc2ccc(C)cc2)nc1CCl. The Morgan fingerprint density at radius 3 is 2.62 bits per heavy atom. The molecule has 5 heteroatoms. The summed E-state index contributed by atoms with van der Waals surface area (Å²) in [7, 11) is 0. The van der Waals surface area contributed by atoms with Gasteiger partial charge in [-0.2, -0.15) is 0 Å².